The lowest BCUT2D eigenvalue weighted by atomic mass is 10.0. The number of rotatable bonds is 8. The zero-order chi connectivity index (χ0) is 15.1. The topological polar surface area (TPSA) is 68.3 Å². The Morgan fingerprint density at radius 1 is 1.33 bits per heavy atom. The number of aromatic nitrogens is 2. The van der Waals surface area contributed by atoms with Crippen molar-refractivity contribution < 1.29 is 9.47 Å². The van der Waals surface area contributed by atoms with Crippen molar-refractivity contribution in [2.75, 3.05) is 37.0 Å². The van der Waals surface area contributed by atoms with Crippen molar-refractivity contribution in [1.82, 2.24) is 9.97 Å². The quantitative estimate of drug-likeness (QED) is 0.767. The van der Waals surface area contributed by atoms with E-state index in [0.29, 0.717) is 25.6 Å². The zero-order valence-corrected chi connectivity index (χ0v) is 13.2. The fourth-order valence-electron chi connectivity index (χ4n) is 2.24. The first-order valence-corrected chi connectivity index (χ1v) is 7.70. The SMILES string of the molecule is CCCNc1cc(NC2(C)CCOC2)nc(COCC)n1. The predicted octanol–water partition coefficient (Wildman–Crippen LogP) is 2.43. The van der Waals surface area contributed by atoms with E-state index in [9.17, 15) is 0 Å². The smallest absolute Gasteiger partial charge is 0.158 e. The monoisotopic (exact) mass is 294 g/mol. The van der Waals surface area contributed by atoms with Gasteiger partial charge in [-0.2, -0.15) is 0 Å². The Kier molecular flexibility index (Phi) is 5.76. The van der Waals surface area contributed by atoms with Gasteiger partial charge in [0, 0.05) is 25.8 Å². The highest BCUT2D eigenvalue weighted by Gasteiger charge is 2.30. The maximum Gasteiger partial charge on any atom is 0.158 e. The van der Waals surface area contributed by atoms with E-state index >= 15 is 0 Å². The molecule has 1 aromatic rings. The molecule has 2 N–H and O–H groups in total. The number of nitrogens with one attached hydrogen (secondary N) is 2. The predicted molar refractivity (Wildman–Crippen MR) is 83.6 cm³/mol. The van der Waals surface area contributed by atoms with E-state index in [2.05, 4.69) is 34.4 Å². The van der Waals surface area contributed by atoms with Crippen LogP contribution >= 0.6 is 0 Å². The Bertz CT molecular complexity index is 421. The van der Waals surface area contributed by atoms with Crippen LogP contribution in [-0.2, 0) is 16.1 Å². The summed E-state index contributed by atoms with van der Waals surface area (Å²) in [5.41, 5.74) is -0.0563. The Hall–Kier alpha value is -1.40. The first-order chi connectivity index (χ1) is 10.1. The van der Waals surface area contributed by atoms with Crippen LogP contribution < -0.4 is 10.6 Å². The van der Waals surface area contributed by atoms with E-state index in [1.165, 1.54) is 0 Å². The second-order valence-corrected chi connectivity index (χ2v) is 5.61. The molecule has 0 amide bonds. The van der Waals surface area contributed by atoms with Crippen LogP contribution in [0.4, 0.5) is 11.6 Å². The third-order valence-electron chi connectivity index (χ3n) is 3.41. The van der Waals surface area contributed by atoms with Crippen molar-refractivity contribution >= 4 is 11.6 Å². The first kappa shape index (κ1) is 16.0. The van der Waals surface area contributed by atoms with E-state index in [1.807, 2.05) is 13.0 Å². The summed E-state index contributed by atoms with van der Waals surface area (Å²) in [5, 5.41) is 6.79. The lowest BCUT2D eigenvalue weighted by Gasteiger charge is -2.24. The Morgan fingerprint density at radius 3 is 2.81 bits per heavy atom. The van der Waals surface area contributed by atoms with Gasteiger partial charge in [-0.3, -0.25) is 0 Å². The summed E-state index contributed by atoms with van der Waals surface area (Å²) >= 11 is 0. The first-order valence-electron chi connectivity index (χ1n) is 7.70. The van der Waals surface area contributed by atoms with E-state index in [4.69, 9.17) is 9.47 Å². The Labute approximate surface area is 126 Å². The van der Waals surface area contributed by atoms with Gasteiger partial charge in [0.05, 0.1) is 12.1 Å². The molecule has 0 bridgehead atoms. The molecule has 118 valence electrons. The highest BCUT2D eigenvalue weighted by atomic mass is 16.5. The van der Waals surface area contributed by atoms with Gasteiger partial charge >= 0.3 is 0 Å². The molecular formula is C15H26N4O2. The maximum atomic E-state index is 5.48. The van der Waals surface area contributed by atoms with Gasteiger partial charge in [-0.1, -0.05) is 6.92 Å². The molecule has 6 heteroatoms. The van der Waals surface area contributed by atoms with Gasteiger partial charge in [-0.15, -0.1) is 0 Å². The summed E-state index contributed by atoms with van der Waals surface area (Å²) in [6, 6.07) is 1.95. The lowest BCUT2D eigenvalue weighted by molar-refractivity contribution is 0.128. The molecule has 1 atom stereocenters. The second-order valence-electron chi connectivity index (χ2n) is 5.61. The minimum Gasteiger partial charge on any atom is -0.379 e. The van der Waals surface area contributed by atoms with Crippen LogP contribution in [-0.4, -0.2) is 41.9 Å². The van der Waals surface area contributed by atoms with Gasteiger partial charge in [0.2, 0.25) is 0 Å². The fourth-order valence-corrected chi connectivity index (χ4v) is 2.24. The third-order valence-corrected chi connectivity index (χ3v) is 3.41. The van der Waals surface area contributed by atoms with E-state index < -0.39 is 0 Å². The van der Waals surface area contributed by atoms with Gasteiger partial charge in [0.1, 0.15) is 18.2 Å². The van der Waals surface area contributed by atoms with Crippen LogP contribution in [0.15, 0.2) is 6.07 Å². The minimum atomic E-state index is -0.0563. The molecule has 1 fully saturated rings. The average molecular weight is 294 g/mol. The Morgan fingerprint density at radius 2 is 2.14 bits per heavy atom. The average Bonchev–Trinajstić information content (AvgIpc) is 2.89. The van der Waals surface area contributed by atoms with E-state index in [1.54, 1.807) is 0 Å². The molecule has 1 aromatic heterocycles. The number of hydrogen-bond donors (Lipinski definition) is 2. The van der Waals surface area contributed by atoms with Crippen LogP contribution in [0.1, 0.15) is 39.4 Å². The molecule has 2 heterocycles. The van der Waals surface area contributed by atoms with Gasteiger partial charge in [0.25, 0.3) is 0 Å². The number of nitrogens with zero attached hydrogens (tertiary/aromatic N) is 2. The van der Waals surface area contributed by atoms with Crippen molar-refractivity contribution in [3.63, 3.8) is 0 Å². The van der Waals surface area contributed by atoms with Crippen LogP contribution in [0.2, 0.25) is 0 Å². The Balaban J connectivity index is 2.13. The zero-order valence-electron chi connectivity index (χ0n) is 13.2. The molecule has 2 rings (SSSR count). The maximum absolute atomic E-state index is 5.48. The van der Waals surface area contributed by atoms with Crippen molar-refractivity contribution in [2.24, 2.45) is 0 Å². The molecule has 21 heavy (non-hydrogen) atoms. The summed E-state index contributed by atoms with van der Waals surface area (Å²) < 4.78 is 10.9. The fraction of sp³-hybridized carbons (Fsp3) is 0.733. The van der Waals surface area contributed by atoms with Crippen molar-refractivity contribution in [1.29, 1.82) is 0 Å². The molecular weight excluding hydrogens is 268 g/mol. The number of ether oxygens (including phenoxy) is 2. The molecule has 0 spiro atoms. The van der Waals surface area contributed by atoms with Crippen molar-refractivity contribution in [3.8, 4) is 0 Å². The molecule has 0 aromatic carbocycles. The van der Waals surface area contributed by atoms with Gasteiger partial charge in [0.15, 0.2) is 5.82 Å². The summed E-state index contributed by atoms with van der Waals surface area (Å²) in [6.45, 7) is 9.73. The normalized spacial score (nSPS) is 21.5. The van der Waals surface area contributed by atoms with Crippen LogP contribution in [0, 0.1) is 0 Å². The van der Waals surface area contributed by atoms with E-state index in [0.717, 1.165) is 37.6 Å². The van der Waals surface area contributed by atoms with E-state index in [-0.39, 0.29) is 5.54 Å². The summed E-state index contributed by atoms with van der Waals surface area (Å²) in [4.78, 5) is 9.03. The number of anilines is 2. The van der Waals surface area contributed by atoms with Gasteiger partial charge in [-0.05, 0) is 26.7 Å². The van der Waals surface area contributed by atoms with Crippen LogP contribution in [0.5, 0.6) is 0 Å². The molecule has 1 aliphatic rings. The molecule has 0 saturated carbocycles. The standard InChI is InChI=1S/C15H26N4O2/c1-4-7-16-12-9-13(18-14(17-12)10-20-5-2)19-15(3)6-8-21-11-15/h9H,4-8,10-11H2,1-3H3,(H2,16,17,18,19). The summed E-state index contributed by atoms with van der Waals surface area (Å²) in [7, 11) is 0. The lowest BCUT2D eigenvalue weighted by Crippen LogP contribution is -2.35. The molecule has 1 unspecified atom stereocenters. The minimum absolute atomic E-state index is 0.0563. The second kappa shape index (κ2) is 7.56. The van der Waals surface area contributed by atoms with Crippen LogP contribution in [0.25, 0.3) is 0 Å². The van der Waals surface area contributed by atoms with Crippen molar-refractivity contribution in [2.45, 2.75) is 45.8 Å². The molecule has 1 saturated heterocycles. The largest absolute Gasteiger partial charge is 0.379 e. The molecule has 0 radical (unpaired) electrons. The summed E-state index contributed by atoms with van der Waals surface area (Å²) in [6.07, 6.45) is 2.04. The highest BCUT2D eigenvalue weighted by molar-refractivity contribution is 5.49. The highest BCUT2D eigenvalue weighted by Crippen LogP contribution is 2.24. The third kappa shape index (κ3) is 4.82. The summed E-state index contributed by atoms with van der Waals surface area (Å²) in [5.74, 6) is 2.36. The van der Waals surface area contributed by atoms with Crippen molar-refractivity contribution in [3.05, 3.63) is 11.9 Å². The van der Waals surface area contributed by atoms with Gasteiger partial charge < -0.3 is 20.1 Å². The number of hydrogen-bond acceptors (Lipinski definition) is 6. The molecule has 0 aliphatic carbocycles. The molecule has 1 aliphatic heterocycles. The molecule has 6 nitrogen and oxygen atoms in total. The van der Waals surface area contributed by atoms with Gasteiger partial charge in [-0.25, -0.2) is 9.97 Å². The van der Waals surface area contributed by atoms with Crippen LogP contribution in [0.3, 0.4) is 0 Å².